The molecule has 4 aliphatic heterocycles. The molecule has 0 radical (unpaired) electrons. The Labute approximate surface area is 494 Å². The third-order valence-corrected chi connectivity index (χ3v) is 17.6. The number of alkyl halides is 4. The molecule has 9 rings (SSSR count). The van der Waals surface area contributed by atoms with Crippen molar-refractivity contribution in [2.75, 3.05) is 69.8 Å². The number of aromatic nitrogens is 4. The molecule has 2 aromatic carbocycles. The van der Waals surface area contributed by atoms with E-state index in [0.29, 0.717) is 69.4 Å². The molecule has 0 spiro atoms. The zero-order valence-electron chi connectivity index (χ0n) is 48.4. The fourth-order valence-corrected chi connectivity index (χ4v) is 12.8. The van der Waals surface area contributed by atoms with Gasteiger partial charge in [0.25, 0.3) is 5.91 Å². The Hall–Kier alpha value is -6.05. The van der Waals surface area contributed by atoms with Crippen molar-refractivity contribution in [3.8, 4) is 33.5 Å². The lowest BCUT2D eigenvalue weighted by Crippen LogP contribution is -2.59. The molecule has 456 valence electrons. The van der Waals surface area contributed by atoms with Gasteiger partial charge in [-0.1, -0.05) is 51.4 Å². The fourth-order valence-electron chi connectivity index (χ4n) is 11.7. The number of nitrogens with zero attached hydrogens (tertiary/aromatic N) is 7. The van der Waals surface area contributed by atoms with Gasteiger partial charge in [-0.2, -0.15) is 23.1 Å². The summed E-state index contributed by atoms with van der Waals surface area (Å²) in [6.07, 6.45) is -1.07. The first-order valence-corrected chi connectivity index (χ1v) is 30.0. The average molecular weight is 1210 g/mol. The van der Waals surface area contributed by atoms with Crippen LogP contribution in [0.25, 0.3) is 32.6 Å². The van der Waals surface area contributed by atoms with E-state index < -0.39 is 75.8 Å². The Morgan fingerprint density at radius 3 is 2.39 bits per heavy atom. The van der Waals surface area contributed by atoms with Crippen LogP contribution in [-0.2, 0) is 31.8 Å². The second-order valence-corrected chi connectivity index (χ2v) is 25.0. The maximum atomic E-state index is 17.0. The average Bonchev–Trinajstić information content (AvgIpc) is 1.05. The number of β-amino-alcohol motifs (C(OH)–C–C–N with tert-alkyl or cyclic N) is 1. The quantitative estimate of drug-likeness (QED) is 0.0323. The van der Waals surface area contributed by atoms with Gasteiger partial charge in [-0.15, -0.1) is 11.3 Å². The van der Waals surface area contributed by atoms with Gasteiger partial charge in [0.15, 0.2) is 11.5 Å². The maximum Gasteiger partial charge on any atom is 0.418 e. The summed E-state index contributed by atoms with van der Waals surface area (Å²) in [6.45, 7) is 15.0. The van der Waals surface area contributed by atoms with Gasteiger partial charge in [0.05, 0.1) is 50.6 Å². The number of halogens is 6. The Kier molecular flexibility index (Phi) is 19.3. The van der Waals surface area contributed by atoms with Crippen LogP contribution in [0.2, 0.25) is 5.02 Å². The number of fused-ring (bicyclic) bond motifs is 3. The molecule has 3 amide bonds. The summed E-state index contributed by atoms with van der Waals surface area (Å²) in [5, 5.41) is 19.8. The van der Waals surface area contributed by atoms with E-state index >= 15 is 8.78 Å². The number of carbonyl (C=O) groups excluding carboxylic acids is 3. The first-order valence-electron chi connectivity index (χ1n) is 28.7. The van der Waals surface area contributed by atoms with Crippen LogP contribution in [0.3, 0.4) is 0 Å². The van der Waals surface area contributed by atoms with Gasteiger partial charge in [0.1, 0.15) is 41.6 Å². The van der Waals surface area contributed by atoms with E-state index in [1.54, 1.807) is 26.3 Å². The highest BCUT2D eigenvalue weighted by Gasteiger charge is 2.46. The number of hydrogen-bond acceptors (Lipinski definition) is 16. The van der Waals surface area contributed by atoms with Gasteiger partial charge >= 0.3 is 12.2 Å². The molecule has 0 aliphatic carbocycles. The van der Waals surface area contributed by atoms with Crippen LogP contribution in [-0.4, -0.2) is 154 Å². The number of carbonyl (C=O) groups is 3. The lowest BCUT2D eigenvalue weighted by molar-refractivity contribution is -0.146. The molecule has 7 atom stereocenters. The number of nitrogens with two attached hydrogens (primary N) is 1. The number of rotatable bonds is 22. The van der Waals surface area contributed by atoms with E-state index in [9.17, 15) is 32.7 Å². The highest BCUT2D eigenvalue weighted by atomic mass is 35.5. The molecular weight excluding hydrogens is 1140 g/mol. The van der Waals surface area contributed by atoms with E-state index in [0.717, 1.165) is 61.4 Å². The van der Waals surface area contributed by atoms with Crippen molar-refractivity contribution in [2.24, 2.45) is 5.41 Å². The summed E-state index contributed by atoms with van der Waals surface area (Å²) >= 11 is 8.20. The predicted octanol–water partition coefficient (Wildman–Crippen LogP) is 8.73. The van der Waals surface area contributed by atoms with Gasteiger partial charge in [0.2, 0.25) is 11.8 Å². The van der Waals surface area contributed by atoms with Gasteiger partial charge in [-0.3, -0.25) is 19.3 Å². The van der Waals surface area contributed by atoms with E-state index in [-0.39, 0.29) is 84.0 Å². The summed E-state index contributed by atoms with van der Waals surface area (Å²) in [4.78, 5) is 65.2. The smallest absolute Gasteiger partial charge is 0.418 e. The van der Waals surface area contributed by atoms with Crippen LogP contribution in [0.15, 0.2) is 35.8 Å². The predicted molar refractivity (Wildman–Crippen MR) is 311 cm³/mol. The number of pyridine rings is 1. The molecule has 6 N–H and O–H groups in total. The minimum atomic E-state index is -4.89. The van der Waals surface area contributed by atoms with Crippen molar-refractivity contribution < 1.29 is 55.7 Å². The number of hydrogen-bond donors (Lipinski definition) is 5. The number of ether oxygens (including phenoxy) is 3. The molecular formula is C59H75ClF5N11O7S. The summed E-state index contributed by atoms with van der Waals surface area (Å²) < 4.78 is 94.4. The lowest BCUT2D eigenvalue weighted by atomic mass is 9.85. The molecule has 18 nitrogen and oxygen atoms in total. The summed E-state index contributed by atoms with van der Waals surface area (Å²) in [7, 11) is 0. The first-order chi connectivity index (χ1) is 39.8. The second-order valence-electron chi connectivity index (χ2n) is 23.7. The van der Waals surface area contributed by atoms with E-state index in [4.69, 9.17) is 36.5 Å². The van der Waals surface area contributed by atoms with Crippen LogP contribution >= 0.6 is 22.9 Å². The molecule has 3 unspecified atom stereocenters. The number of amides is 3. The molecule has 25 heteroatoms. The van der Waals surface area contributed by atoms with Crippen LogP contribution < -0.4 is 36.1 Å². The van der Waals surface area contributed by atoms with Crippen molar-refractivity contribution in [1.29, 1.82) is 0 Å². The highest BCUT2D eigenvalue weighted by Crippen LogP contribution is 2.45. The standard InChI is InChI=1S/C59H75ClF5N11O7S/c1-8-58(7,62)55(80)72-51(57(4,5)6)54(79)76-29-39(77)24-42(76)53(78)67-26-35-14-13-34(50-33(3)68-31-84-50)23-43(35)82-21-11-20-81-19-10-18-74-17-9-12-38(74)30-83-56-71-48-40(52(73-56)75-27-36-15-16-37(28-75)69-36)25-41(60)45(47(48)61)49-46(59(63,64)65)32(2)22-44(66)70-49/h13-14,22-23,25,31,36-39,42,51,69,77H,8-12,15-21,24,26-30H2,1-7H3,(H2,66,70)(H,67,78)(H,72,80)/t36?,37?,38-,39+,42-,51-,58?/m0/s1. The van der Waals surface area contributed by atoms with Gasteiger partial charge < -0.3 is 50.8 Å². The van der Waals surface area contributed by atoms with E-state index in [1.807, 2.05) is 30.0 Å². The Balaban J connectivity index is 0.802. The number of nitrogens with one attached hydrogen (secondary N) is 3. The minimum Gasteiger partial charge on any atom is -0.493 e. The fraction of sp³-hybridized carbons (Fsp3) is 0.576. The zero-order chi connectivity index (χ0) is 60.4. The summed E-state index contributed by atoms with van der Waals surface area (Å²) in [5.74, 6) is -2.42. The molecule has 5 aromatic rings. The monoisotopic (exact) mass is 1210 g/mol. The number of thiazole rings is 1. The third kappa shape index (κ3) is 14.1. The number of anilines is 2. The SMILES string of the molecule is CCC(C)(F)C(=O)N[C@@H](C(=O)N1C[C@H](O)C[C@H]1C(=O)NCc1ccc(-c2scnc2C)cc1OCCCOCCCN1CCC[C@H]1COc1nc(N2CC3CCC(C2)N3)c2cc(Cl)c(-c3nc(N)cc(C)c3C(F)(F)F)c(F)c2n1)C(C)(C)C. The molecule has 7 heterocycles. The van der Waals surface area contributed by atoms with Crippen molar-refractivity contribution in [3.05, 3.63) is 69.1 Å². The third-order valence-electron chi connectivity index (χ3n) is 16.4. The van der Waals surface area contributed by atoms with Gasteiger partial charge in [0, 0.05) is 87.9 Å². The van der Waals surface area contributed by atoms with Crippen molar-refractivity contribution >= 4 is 63.2 Å². The van der Waals surface area contributed by atoms with Crippen molar-refractivity contribution in [1.82, 2.24) is 45.7 Å². The number of aliphatic hydroxyl groups excluding tert-OH is 1. The molecule has 4 fully saturated rings. The number of nitrogen functional groups attached to an aromatic ring is 1. The zero-order valence-corrected chi connectivity index (χ0v) is 50.0. The summed E-state index contributed by atoms with van der Waals surface area (Å²) in [6, 6.07) is 6.20. The number of piperazine rings is 1. The second kappa shape index (κ2) is 25.9. The van der Waals surface area contributed by atoms with Crippen LogP contribution in [0.5, 0.6) is 11.8 Å². The maximum absolute atomic E-state index is 17.0. The molecule has 84 heavy (non-hydrogen) atoms. The number of likely N-dealkylation sites (tertiary alicyclic amines) is 2. The largest absolute Gasteiger partial charge is 0.493 e. The van der Waals surface area contributed by atoms with Crippen molar-refractivity contribution in [2.45, 2.75) is 155 Å². The van der Waals surface area contributed by atoms with E-state index in [2.05, 4.69) is 35.8 Å². The number of aliphatic hydroxyl groups is 1. The topological polar surface area (TPSA) is 223 Å². The number of aryl methyl sites for hydroxylation is 2. The molecule has 0 saturated carbocycles. The molecule has 4 aliphatic rings. The highest BCUT2D eigenvalue weighted by molar-refractivity contribution is 7.13. The molecule has 4 saturated heterocycles. The molecule has 3 aromatic heterocycles. The van der Waals surface area contributed by atoms with Gasteiger partial charge in [-0.25, -0.2) is 18.7 Å². The van der Waals surface area contributed by atoms with Crippen molar-refractivity contribution in [3.63, 3.8) is 0 Å². The normalized spacial score (nSPS) is 21.2. The van der Waals surface area contributed by atoms with Crippen LogP contribution in [0.4, 0.5) is 33.6 Å². The Morgan fingerprint density at radius 1 is 0.964 bits per heavy atom. The minimum absolute atomic E-state index is 0.0194. The summed E-state index contributed by atoms with van der Waals surface area (Å²) in [5.41, 5.74) is 4.15. The van der Waals surface area contributed by atoms with Gasteiger partial charge in [-0.05, 0) is 101 Å². The Bertz CT molecular complexity index is 3210. The molecule has 2 bridgehead atoms. The van der Waals surface area contributed by atoms with E-state index in [1.165, 1.54) is 36.2 Å². The Morgan fingerprint density at radius 2 is 1.70 bits per heavy atom. The lowest BCUT2D eigenvalue weighted by Gasteiger charge is -2.36. The number of benzene rings is 2. The first kappa shape index (κ1) is 62.5. The van der Waals surface area contributed by atoms with Crippen LogP contribution in [0, 0.1) is 25.1 Å². The van der Waals surface area contributed by atoms with Crippen LogP contribution in [0.1, 0.15) is 108 Å².